The Balaban J connectivity index is 1.29. The number of carbonyl (C=O) groups is 3. The van der Waals surface area contributed by atoms with Crippen molar-refractivity contribution in [1.29, 1.82) is 0 Å². The van der Waals surface area contributed by atoms with E-state index in [0.717, 1.165) is 44.3 Å². The first kappa shape index (κ1) is 36.9. The summed E-state index contributed by atoms with van der Waals surface area (Å²) in [4.78, 5) is 41.9. The summed E-state index contributed by atoms with van der Waals surface area (Å²) >= 11 is 0. The molecule has 9 heteroatoms. The maximum Gasteiger partial charge on any atom is 0.408 e. The maximum absolute atomic E-state index is 14.2. The topological polar surface area (TPSA) is 112 Å². The van der Waals surface area contributed by atoms with Gasteiger partial charge in [0.1, 0.15) is 22.6 Å². The van der Waals surface area contributed by atoms with Crippen molar-refractivity contribution in [2.45, 2.75) is 78.0 Å². The molecule has 0 radical (unpaired) electrons. The van der Waals surface area contributed by atoms with Gasteiger partial charge in [0.05, 0.1) is 18.7 Å². The normalized spacial score (nSPS) is 13.3. The molecule has 0 saturated heterocycles. The van der Waals surface area contributed by atoms with E-state index in [-0.39, 0.29) is 31.4 Å². The molecule has 2 N–H and O–H groups in total. The zero-order valence-corrected chi connectivity index (χ0v) is 31.4. The van der Waals surface area contributed by atoms with Crippen LogP contribution in [0.4, 0.5) is 4.79 Å². The summed E-state index contributed by atoms with van der Waals surface area (Å²) in [7, 11) is 1.65. The van der Waals surface area contributed by atoms with Crippen molar-refractivity contribution in [2.75, 3.05) is 7.11 Å². The van der Waals surface area contributed by atoms with Gasteiger partial charge < -0.3 is 24.5 Å². The molecule has 2 amide bonds. The average Bonchev–Trinajstić information content (AvgIpc) is 3.71. The molecular formula is C44H47N3O6. The van der Waals surface area contributed by atoms with E-state index >= 15 is 0 Å². The van der Waals surface area contributed by atoms with Gasteiger partial charge in [-0.05, 0) is 74.2 Å². The number of amides is 2. The second-order valence-corrected chi connectivity index (χ2v) is 14.7. The predicted molar refractivity (Wildman–Crippen MR) is 207 cm³/mol. The van der Waals surface area contributed by atoms with Gasteiger partial charge in [-0.25, -0.2) is 4.79 Å². The highest BCUT2D eigenvalue weighted by Gasteiger charge is 2.38. The van der Waals surface area contributed by atoms with Crippen LogP contribution in [0.1, 0.15) is 78.5 Å². The second kappa shape index (κ2) is 15.0. The van der Waals surface area contributed by atoms with Crippen molar-refractivity contribution in [1.82, 2.24) is 15.2 Å². The molecule has 274 valence electrons. The van der Waals surface area contributed by atoms with Crippen molar-refractivity contribution in [2.24, 2.45) is 0 Å². The largest absolute Gasteiger partial charge is 0.496 e. The standard InChI is InChI=1S/C44H47N3O6/c1-28-21-29(2)40(38(22-28)51-7)43(4,5)25-39(48)47-26-33(35-18-12-13-19-36(35)47)24-44(6,41(49)45-30(3)31-15-9-8-10-16-31)46-42(50)52-27-34-23-32-17-11-14-20-37(32)53-34/h8-23,26,30H,24-25,27H2,1-7H3,(H,45,49)(H,46,50)/t30-,44+/m0/s1. The number of methoxy groups -OCH3 is 1. The third kappa shape index (κ3) is 7.99. The number of para-hydroxylation sites is 2. The molecule has 2 heterocycles. The fourth-order valence-electron chi connectivity index (χ4n) is 7.36. The molecule has 0 bridgehead atoms. The van der Waals surface area contributed by atoms with Gasteiger partial charge in [0.2, 0.25) is 11.8 Å². The number of alkyl carbamates (subject to hydrolysis) is 1. The number of nitrogens with zero attached hydrogens (tertiary/aromatic N) is 1. The minimum Gasteiger partial charge on any atom is -0.496 e. The monoisotopic (exact) mass is 713 g/mol. The molecule has 0 aliphatic heterocycles. The molecule has 53 heavy (non-hydrogen) atoms. The van der Waals surface area contributed by atoms with Crippen LogP contribution < -0.4 is 15.4 Å². The Morgan fingerprint density at radius 2 is 1.58 bits per heavy atom. The van der Waals surface area contributed by atoms with E-state index in [9.17, 15) is 14.4 Å². The fourth-order valence-corrected chi connectivity index (χ4v) is 7.36. The van der Waals surface area contributed by atoms with Gasteiger partial charge in [0.15, 0.2) is 6.61 Å². The van der Waals surface area contributed by atoms with Gasteiger partial charge in [-0.1, -0.05) is 86.6 Å². The van der Waals surface area contributed by atoms with Gasteiger partial charge in [-0.3, -0.25) is 14.2 Å². The van der Waals surface area contributed by atoms with Crippen LogP contribution in [0.25, 0.3) is 21.9 Å². The Bertz CT molecular complexity index is 2250. The van der Waals surface area contributed by atoms with Crippen molar-refractivity contribution < 1.29 is 28.3 Å². The Morgan fingerprint density at radius 1 is 0.887 bits per heavy atom. The minimum absolute atomic E-state index is 0.0785. The van der Waals surface area contributed by atoms with Gasteiger partial charge in [0, 0.05) is 40.8 Å². The van der Waals surface area contributed by atoms with E-state index in [0.29, 0.717) is 16.9 Å². The lowest BCUT2D eigenvalue weighted by atomic mass is 9.78. The van der Waals surface area contributed by atoms with Crippen molar-refractivity contribution >= 4 is 39.8 Å². The number of carbonyl (C=O) groups excluding carboxylic acids is 3. The van der Waals surface area contributed by atoms with Crippen LogP contribution in [0.2, 0.25) is 0 Å². The zero-order valence-electron chi connectivity index (χ0n) is 31.4. The third-order valence-electron chi connectivity index (χ3n) is 9.89. The number of rotatable bonds is 12. The van der Waals surface area contributed by atoms with E-state index in [1.807, 2.05) is 126 Å². The van der Waals surface area contributed by atoms with E-state index in [2.05, 4.69) is 16.7 Å². The minimum atomic E-state index is -1.47. The van der Waals surface area contributed by atoms with Crippen LogP contribution in [0.5, 0.6) is 5.75 Å². The highest BCUT2D eigenvalue weighted by molar-refractivity contribution is 5.96. The quantitative estimate of drug-likeness (QED) is 0.131. The molecule has 0 unspecified atom stereocenters. The highest BCUT2D eigenvalue weighted by Crippen LogP contribution is 2.39. The Hall–Kier alpha value is -5.83. The van der Waals surface area contributed by atoms with Crippen LogP contribution in [0.15, 0.2) is 108 Å². The molecule has 9 nitrogen and oxygen atoms in total. The number of hydrogen-bond donors (Lipinski definition) is 2. The van der Waals surface area contributed by atoms with Crippen molar-refractivity contribution in [3.63, 3.8) is 0 Å². The van der Waals surface area contributed by atoms with Crippen LogP contribution in [0, 0.1) is 13.8 Å². The molecule has 6 rings (SSSR count). The van der Waals surface area contributed by atoms with Gasteiger partial charge in [-0.2, -0.15) is 0 Å². The number of aromatic nitrogens is 1. The van der Waals surface area contributed by atoms with Gasteiger partial charge >= 0.3 is 6.09 Å². The molecule has 0 aliphatic carbocycles. The summed E-state index contributed by atoms with van der Waals surface area (Å²) in [5.41, 5.74) is 4.14. The first-order valence-corrected chi connectivity index (χ1v) is 17.8. The number of hydrogen-bond acceptors (Lipinski definition) is 6. The van der Waals surface area contributed by atoms with Crippen molar-refractivity contribution in [3.8, 4) is 5.75 Å². The van der Waals surface area contributed by atoms with E-state index < -0.39 is 23.0 Å². The van der Waals surface area contributed by atoms with Crippen LogP contribution in [-0.4, -0.2) is 35.1 Å². The smallest absolute Gasteiger partial charge is 0.408 e. The molecule has 0 spiro atoms. The Morgan fingerprint density at radius 3 is 2.32 bits per heavy atom. The highest BCUT2D eigenvalue weighted by atomic mass is 16.6. The van der Waals surface area contributed by atoms with Gasteiger partial charge in [0.25, 0.3) is 0 Å². The first-order valence-electron chi connectivity index (χ1n) is 17.8. The molecule has 6 aromatic rings. The molecule has 0 saturated carbocycles. The SMILES string of the molecule is COc1cc(C)cc(C)c1C(C)(C)CC(=O)n1cc(C[C@@](C)(NC(=O)OCc2cc3ccccc3o2)C(=O)N[C@@H](C)c2ccccc2)c2ccccc21. The summed E-state index contributed by atoms with van der Waals surface area (Å²) in [6.07, 6.45) is 1.29. The Kier molecular flexibility index (Phi) is 10.5. The molecule has 0 aliphatic rings. The predicted octanol–water partition coefficient (Wildman–Crippen LogP) is 9.13. The van der Waals surface area contributed by atoms with Crippen LogP contribution in [-0.2, 0) is 28.0 Å². The molecule has 2 aromatic heterocycles. The van der Waals surface area contributed by atoms with E-state index in [1.165, 1.54) is 0 Å². The molecule has 4 aromatic carbocycles. The molecule has 2 atom stereocenters. The van der Waals surface area contributed by atoms with Gasteiger partial charge in [-0.15, -0.1) is 0 Å². The van der Waals surface area contributed by atoms with E-state index in [1.54, 1.807) is 24.8 Å². The lowest BCUT2D eigenvalue weighted by Gasteiger charge is -2.31. The number of fused-ring (bicyclic) bond motifs is 2. The number of furan rings is 1. The average molecular weight is 714 g/mol. The third-order valence-corrected chi connectivity index (χ3v) is 9.89. The number of benzene rings is 4. The zero-order chi connectivity index (χ0) is 37.9. The number of ether oxygens (including phenoxy) is 2. The summed E-state index contributed by atoms with van der Waals surface area (Å²) in [6.45, 7) is 11.6. The number of aryl methyl sites for hydroxylation is 2. The van der Waals surface area contributed by atoms with Crippen LogP contribution >= 0.6 is 0 Å². The first-order chi connectivity index (χ1) is 25.3. The number of nitrogens with one attached hydrogen (secondary N) is 2. The Labute approximate surface area is 310 Å². The van der Waals surface area contributed by atoms with Crippen LogP contribution in [0.3, 0.4) is 0 Å². The summed E-state index contributed by atoms with van der Waals surface area (Å²) < 4.78 is 18.9. The van der Waals surface area contributed by atoms with Crippen molar-refractivity contribution in [3.05, 3.63) is 137 Å². The molecule has 0 fully saturated rings. The second-order valence-electron chi connectivity index (χ2n) is 14.7. The lowest BCUT2D eigenvalue weighted by molar-refractivity contribution is -0.127. The summed E-state index contributed by atoms with van der Waals surface area (Å²) in [5.74, 6) is 0.721. The summed E-state index contributed by atoms with van der Waals surface area (Å²) in [6, 6.07) is 30.3. The van der Waals surface area contributed by atoms with E-state index in [4.69, 9.17) is 13.9 Å². The lowest BCUT2D eigenvalue weighted by Crippen LogP contribution is -2.58. The molecular weight excluding hydrogens is 666 g/mol. The summed E-state index contributed by atoms with van der Waals surface area (Å²) in [5, 5.41) is 7.65. The maximum atomic E-state index is 14.2. The fraction of sp³-hybridized carbons (Fsp3) is 0.295.